The number of anilines is 1. The summed E-state index contributed by atoms with van der Waals surface area (Å²) >= 11 is 0. The molecule has 2 heteroatoms. The largest absolute Gasteiger partial charge is 0.493 e. The smallest absolute Gasteiger partial charge is 0.125 e. The first-order valence-corrected chi connectivity index (χ1v) is 10.1. The molecule has 3 aromatic carbocycles. The molecule has 2 nitrogen and oxygen atoms in total. The second kappa shape index (κ2) is 8.79. The van der Waals surface area contributed by atoms with Crippen LogP contribution in [0.4, 0.5) is 5.69 Å². The van der Waals surface area contributed by atoms with Gasteiger partial charge in [0, 0.05) is 24.3 Å². The normalized spacial score (nSPS) is 12.5. The van der Waals surface area contributed by atoms with E-state index in [4.69, 9.17) is 4.74 Å². The summed E-state index contributed by atoms with van der Waals surface area (Å²) in [5.41, 5.74) is 6.49. The maximum absolute atomic E-state index is 5.98. The molecule has 0 bridgehead atoms. The first-order valence-electron chi connectivity index (χ1n) is 10.1. The van der Waals surface area contributed by atoms with E-state index in [1.54, 1.807) is 0 Å². The molecule has 0 aromatic heterocycles. The number of benzene rings is 3. The van der Waals surface area contributed by atoms with Gasteiger partial charge in [0.1, 0.15) is 5.76 Å². The van der Waals surface area contributed by atoms with Crippen molar-refractivity contribution in [2.24, 2.45) is 0 Å². The quantitative estimate of drug-likeness (QED) is 0.424. The van der Waals surface area contributed by atoms with E-state index >= 15 is 0 Å². The van der Waals surface area contributed by atoms with Crippen molar-refractivity contribution in [3.8, 4) is 0 Å². The summed E-state index contributed by atoms with van der Waals surface area (Å²) in [5, 5.41) is 0. The Morgan fingerprint density at radius 3 is 1.93 bits per heavy atom. The predicted octanol–water partition coefficient (Wildman–Crippen LogP) is 6.43. The number of hydrogen-bond donors (Lipinski definition) is 0. The van der Waals surface area contributed by atoms with Crippen LogP contribution in [0.2, 0.25) is 0 Å². The number of nitrogens with zero attached hydrogens (tertiary/aromatic N) is 1. The van der Waals surface area contributed by atoms with Crippen molar-refractivity contribution < 1.29 is 4.74 Å². The summed E-state index contributed by atoms with van der Waals surface area (Å²) < 4.78 is 5.98. The van der Waals surface area contributed by atoms with Crippen molar-refractivity contribution in [3.05, 3.63) is 107 Å². The van der Waals surface area contributed by atoms with Crippen LogP contribution in [0.1, 0.15) is 36.5 Å². The van der Waals surface area contributed by atoms with Gasteiger partial charge in [0.2, 0.25) is 0 Å². The van der Waals surface area contributed by atoms with E-state index < -0.39 is 0 Å². The molecule has 1 aliphatic carbocycles. The van der Waals surface area contributed by atoms with Gasteiger partial charge in [-0.3, -0.25) is 0 Å². The summed E-state index contributed by atoms with van der Waals surface area (Å²) in [7, 11) is 0. The average Bonchev–Trinajstić information content (AvgIpc) is 3.58. The van der Waals surface area contributed by atoms with E-state index in [1.165, 1.54) is 28.0 Å². The topological polar surface area (TPSA) is 12.5 Å². The highest BCUT2D eigenvalue weighted by atomic mass is 16.5. The van der Waals surface area contributed by atoms with Crippen LogP contribution < -0.4 is 4.90 Å². The summed E-state index contributed by atoms with van der Waals surface area (Å²) in [6.07, 6.45) is 2.33. The van der Waals surface area contributed by atoms with Crippen LogP contribution >= 0.6 is 0 Å². The monoisotopic (exact) mass is 369 g/mol. The Morgan fingerprint density at radius 1 is 0.786 bits per heavy atom. The first kappa shape index (κ1) is 18.4. The van der Waals surface area contributed by atoms with Crippen LogP contribution in [-0.2, 0) is 17.8 Å². The number of rotatable bonds is 8. The molecule has 0 heterocycles. The minimum atomic E-state index is 0.709. The second-order valence-corrected chi connectivity index (χ2v) is 7.24. The zero-order valence-electron chi connectivity index (χ0n) is 16.5. The van der Waals surface area contributed by atoms with E-state index in [-0.39, 0.29) is 0 Å². The lowest BCUT2D eigenvalue weighted by atomic mass is 10.1. The fraction of sp³-hybridized carbons (Fsp3) is 0.231. The molecule has 1 saturated carbocycles. The molecule has 0 unspecified atom stereocenters. The lowest BCUT2D eigenvalue weighted by molar-refractivity contribution is 0.297. The minimum Gasteiger partial charge on any atom is -0.493 e. The Labute approximate surface area is 168 Å². The maximum Gasteiger partial charge on any atom is 0.125 e. The number of allylic oxidation sites excluding steroid dienone is 1. The Hall–Kier alpha value is -3.00. The minimum absolute atomic E-state index is 0.709. The molecule has 0 radical (unpaired) electrons. The molecular weight excluding hydrogens is 342 g/mol. The van der Waals surface area contributed by atoms with Crippen molar-refractivity contribution in [2.45, 2.75) is 32.9 Å². The Kier molecular flexibility index (Phi) is 5.77. The summed E-state index contributed by atoms with van der Waals surface area (Å²) in [5.74, 6) is 1.09. The Balaban J connectivity index is 1.65. The maximum atomic E-state index is 5.98. The summed E-state index contributed by atoms with van der Waals surface area (Å²) in [4.78, 5) is 2.44. The number of hydrogen-bond acceptors (Lipinski definition) is 2. The van der Waals surface area contributed by atoms with E-state index in [1.807, 2.05) is 0 Å². The van der Waals surface area contributed by atoms with Crippen LogP contribution in [0.5, 0.6) is 0 Å². The molecule has 0 aliphatic heterocycles. The van der Waals surface area contributed by atoms with Crippen molar-refractivity contribution in [3.63, 3.8) is 0 Å². The highest BCUT2D eigenvalue weighted by Gasteiger charge is 2.21. The third-order valence-corrected chi connectivity index (χ3v) is 5.02. The van der Waals surface area contributed by atoms with Crippen LogP contribution in [0.3, 0.4) is 0 Å². The van der Waals surface area contributed by atoms with Crippen LogP contribution in [-0.4, -0.2) is 6.61 Å². The molecule has 3 aromatic rings. The lowest BCUT2D eigenvalue weighted by Gasteiger charge is -2.26. The average molecular weight is 370 g/mol. The standard InChI is InChI=1S/C26H27NO/c1-2-28-26(23-16-17-23)24-14-9-15-25(18-24)27(19-21-10-5-3-6-11-21)20-22-12-7-4-8-13-22/h3-15,18H,2,16-17,19-20H2,1H3. The van der Waals surface area contributed by atoms with Crippen LogP contribution in [0.15, 0.2) is 90.5 Å². The van der Waals surface area contributed by atoms with Gasteiger partial charge in [-0.2, -0.15) is 0 Å². The van der Waals surface area contributed by atoms with Gasteiger partial charge in [0.05, 0.1) is 6.61 Å². The molecule has 0 N–H and O–H groups in total. The zero-order chi connectivity index (χ0) is 19.2. The second-order valence-electron chi connectivity index (χ2n) is 7.24. The third-order valence-electron chi connectivity index (χ3n) is 5.02. The fourth-order valence-corrected chi connectivity index (χ4v) is 3.51. The SMILES string of the molecule is CCOC(=C1CC1)c1cccc(N(Cc2ccccc2)Cc2ccccc2)c1. The third kappa shape index (κ3) is 4.64. The van der Waals surface area contributed by atoms with Gasteiger partial charge in [0.15, 0.2) is 0 Å². The molecule has 0 atom stereocenters. The van der Waals surface area contributed by atoms with Crippen LogP contribution in [0.25, 0.3) is 5.76 Å². The van der Waals surface area contributed by atoms with Crippen molar-refractivity contribution in [1.29, 1.82) is 0 Å². The van der Waals surface area contributed by atoms with E-state index in [0.29, 0.717) is 6.61 Å². The first-order chi connectivity index (χ1) is 13.8. The van der Waals surface area contributed by atoms with Crippen molar-refractivity contribution >= 4 is 11.4 Å². The lowest BCUT2D eigenvalue weighted by Crippen LogP contribution is -2.22. The molecule has 4 rings (SSSR count). The predicted molar refractivity (Wildman–Crippen MR) is 117 cm³/mol. The van der Waals surface area contributed by atoms with Gasteiger partial charge in [-0.15, -0.1) is 0 Å². The molecule has 0 spiro atoms. The summed E-state index contributed by atoms with van der Waals surface area (Å²) in [6, 6.07) is 30.2. The van der Waals surface area contributed by atoms with Gasteiger partial charge < -0.3 is 9.64 Å². The van der Waals surface area contributed by atoms with E-state index in [2.05, 4.69) is 96.8 Å². The van der Waals surface area contributed by atoms with Gasteiger partial charge in [0.25, 0.3) is 0 Å². The Bertz CT molecular complexity index is 883. The van der Waals surface area contributed by atoms with Crippen LogP contribution in [0, 0.1) is 0 Å². The Morgan fingerprint density at radius 2 is 1.39 bits per heavy atom. The molecule has 1 aliphatic rings. The molecule has 1 fully saturated rings. The highest BCUT2D eigenvalue weighted by molar-refractivity contribution is 5.69. The number of ether oxygens (including phenoxy) is 1. The fourth-order valence-electron chi connectivity index (χ4n) is 3.51. The summed E-state index contributed by atoms with van der Waals surface area (Å²) in [6.45, 7) is 4.52. The molecule has 142 valence electrons. The van der Waals surface area contributed by atoms with Gasteiger partial charge in [-0.25, -0.2) is 0 Å². The van der Waals surface area contributed by atoms with E-state index in [0.717, 1.165) is 31.7 Å². The van der Waals surface area contributed by atoms with E-state index in [9.17, 15) is 0 Å². The van der Waals surface area contributed by atoms with Crippen molar-refractivity contribution in [2.75, 3.05) is 11.5 Å². The molecular formula is C26H27NO. The van der Waals surface area contributed by atoms with Crippen molar-refractivity contribution in [1.82, 2.24) is 0 Å². The van der Waals surface area contributed by atoms with Gasteiger partial charge >= 0.3 is 0 Å². The van der Waals surface area contributed by atoms with Gasteiger partial charge in [-0.1, -0.05) is 72.8 Å². The van der Waals surface area contributed by atoms with Gasteiger partial charge in [-0.05, 0) is 48.6 Å². The molecule has 0 saturated heterocycles. The zero-order valence-corrected chi connectivity index (χ0v) is 16.5. The molecule has 28 heavy (non-hydrogen) atoms. The molecule has 0 amide bonds. The highest BCUT2D eigenvalue weighted by Crippen LogP contribution is 2.38.